The van der Waals surface area contributed by atoms with Crippen molar-refractivity contribution in [3.8, 4) is 50.2 Å². The van der Waals surface area contributed by atoms with Crippen LogP contribution in [-0.4, -0.2) is 4.57 Å². The topological polar surface area (TPSA) is 8.17 Å². The van der Waals surface area contributed by atoms with Crippen molar-refractivity contribution in [3.63, 3.8) is 0 Å². The molecule has 0 saturated carbocycles. The molecule has 0 N–H and O–H groups in total. The molecule has 0 spiro atoms. The lowest BCUT2D eigenvalue weighted by atomic mass is 9.85. The maximum absolute atomic E-state index is 2.53. The van der Waals surface area contributed by atoms with Crippen LogP contribution in [0.25, 0.3) is 104 Å². The zero-order valence-electron chi connectivity index (χ0n) is 43.0. The molecule has 0 bridgehead atoms. The Balaban J connectivity index is 1.02. The van der Waals surface area contributed by atoms with Gasteiger partial charge in [0, 0.05) is 32.9 Å². The van der Waals surface area contributed by atoms with E-state index in [2.05, 4.69) is 294 Å². The summed E-state index contributed by atoms with van der Waals surface area (Å²) in [5, 5.41) is 10.1. The van der Waals surface area contributed by atoms with E-state index in [9.17, 15) is 0 Å². The van der Waals surface area contributed by atoms with Crippen molar-refractivity contribution in [1.82, 2.24) is 4.57 Å². The first-order valence-corrected chi connectivity index (χ1v) is 26.1. The van der Waals surface area contributed by atoms with Crippen molar-refractivity contribution in [2.45, 2.75) is 52.4 Å². The second-order valence-corrected chi connectivity index (χ2v) is 22.2. The average Bonchev–Trinajstić information content (AvgIpc) is 3.76. The lowest BCUT2D eigenvalue weighted by molar-refractivity contribution is 0.590. The number of fused-ring (bicyclic) bond motifs is 3. The van der Waals surface area contributed by atoms with E-state index >= 15 is 0 Å². The van der Waals surface area contributed by atoms with Gasteiger partial charge in [-0.1, -0.05) is 211 Å². The molecule has 13 aromatic rings. The predicted octanol–water partition coefficient (Wildman–Crippen LogP) is 20.4. The highest BCUT2D eigenvalue weighted by Gasteiger charge is 2.24. The van der Waals surface area contributed by atoms with E-state index in [1.54, 1.807) is 0 Å². The molecule has 0 amide bonds. The third kappa shape index (κ3) is 7.81. The maximum Gasteiger partial charge on any atom is 0.0541 e. The Morgan fingerprint density at radius 1 is 0.297 bits per heavy atom. The Kier molecular flexibility index (Phi) is 10.7. The zero-order valence-corrected chi connectivity index (χ0v) is 43.0. The third-order valence-corrected chi connectivity index (χ3v) is 15.4. The second-order valence-electron chi connectivity index (χ2n) is 22.2. The van der Waals surface area contributed by atoms with Crippen LogP contribution in [-0.2, 0) is 10.8 Å². The summed E-state index contributed by atoms with van der Waals surface area (Å²) in [6, 6.07) is 90.4. The molecule has 0 unspecified atom stereocenters. The van der Waals surface area contributed by atoms with Gasteiger partial charge >= 0.3 is 0 Å². The summed E-state index contributed by atoms with van der Waals surface area (Å²) in [4.78, 5) is 2.48. The van der Waals surface area contributed by atoms with Gasteiger partial charge in [0.05, 0.1) is 22.4 Å². The molecule has 0 radical (unpaired) electrons. The predicted molar refractivity (Wildman–Crippen MR) is 318 cm³/mol. The molecular formula is C72H58N2. The molecule has 0 atom stereocenters. The van der Waals surface area contributed by atoms with Crippen LogP contribution in [0.3, 0.4) is 0 Å². The number of rotatable bonds is 8. The van der Waals surface area contributed by atoms with Gasteiger partial charge in [-0.25, -0.2) is 0 Å². The number of anilines is 3. The number of aromatic nitrogens is 1. The van der Waals surface area contributed by atoms with Crippen LogP contribution in [0.2, 0.25) is 0 Å². The standard InChI is InChI=1S/C72H58N2/c1-71(2,3)57-33-39-67-63(45-57)64-46-58(72(4,5)6)34-40-68(64)74(67)66-38-32-50-29-35-61-65(37-31-49-30-36-62(66)70(50)69(49)61)73(59-27-15-25-55(43-59)53-23-13-21-51(41-53)47-17-9-7-10-18-47)60-28-16-26-56(44-60)54-24-14-22-52(42-54)48-19-11-8-12-20-48/h7-46H,1-6H3. The summed E-state index contributed by atoms with van der Waals surface area (Å²) in [7, 11) is 0. The largest absolute Gasteiger partial charge is 0.310 e. The lowest BCUT2D eigenvalue weighted by Crippen LogP contribution is -2.11. The van der Waals surface area contributed by atoms with E-state index in [1.165, 1.54) is 104 Å². The number of hydrogen-bond acceptors (Lipinski definition) is 1. The first kappa shape index (κ1) is 45.2. The molecule has 1 heterocycles. The molecule has 0 aliphatic rings. The molecule has 356 valence electrons. The van der Waals surface area contributed by atoms with Crippen LogP contribution in [0, 0.1) is 0 Å². The van der Waals surface area contributed by atoms with Gasteiger partial charge in [0.1, 0.15) is 0 Å². The fourth-order valence-electron chi connectivity index (χ4n) is 11.5. The molecule has 13 rings (SSSR count). The number of hydrogen-bond donors (Lipinski definition) is 0. The Bertz CT molecular complexity index is 4060. The van der Waals surface area contributed by atoms with Gasteiger partial charge in [-0.05, 0) is 161 Å². The maximum atomic E-state index is 2.53. The first-order chi connectivity index (χ1) is 35.9. The Labute approximate surface area is 434 Å². The third-order valence-electron chi connectivity index (χ3n) is 15.4. The first-order valence-electron chi connectivity index (χ1n) is 26.1. The van der Waals surface area contributed by atoms with Gasteiger partial charge in [-0.15, -0.1) is 0 Å². The minimum atomic E-state index is 0.0202. The molecule has 12 aromatic carbocycles. The summed E-state index contributed by atoms with van der Waals surface area (Å²) in [5.74, 6) is 0. The molecule has 0 saturated heterocycles. The van der Waals surface area contributed by atoms with Gasteiger partial charge in [-0.2, -0.15) is 0 Å². The average molecular weight is 951 g/mol. The van der Waals surface area contributed by atoms with Crippen molar-refractivity contribution in [2.75, 3.05) is 4.90 Å². The Morgan fingerprint density at radius 2 is 0.689 bits per heavy atom. The van der Waals surface area contributed by atoms with Crippen molar-refractivity contribution in [1.29, 1.82) is 0 Å². The normalized spacial score (nSPS) is 12.2. The van der Waals surface area contributed by atoms with Crippen molar-refractivity contribution >= 4 is 71.2 Å². The fraction of sp³-hybridized carbons (Fsp3) is 0.111. The van der Waals surface area contributed by atoms with Gasteiger partial charge < -0.3 is 9.47 Å². The summed E-state index contributed by atoms with van der Waals surface area (Å²) in [5.41, 5.74) is 19.2. The van der Waals surface area contributed by atoms with E-state index in [4.69, 9.17) is 0 Å². The van der Waals surface area contributed by atoms with Gasteiger partial charge in [0.25, 0.3) is 0 Å². The molecule has 2 nitrogen and oxygen atoms in total. The Hall–Kier alpha value is -8.72. The van der Waals surface area contributed by atoms with Crippen LogP contribution >= 0.6 is 0 Å². The minimum Gasteiger partial charge on any atom is -0.310 e. The fourth-order valence-corrected chi connectivity index (χ4v) is 11.5. The minimum absolute atomic E-state index is 0.0202. The molecule has 0 fully saturated rings. The van der Waals surface area contributed by atoms with Crippen LogP contribution in [0.1, 0.15) is 52.7 Å². The lowest BCUT2D eigenvalue weighted by Gasteiger charge is -2.29. The Morgan fingerprint density at radius 3 is 1.18 bits per heavy atom. The summed E-state index contributed by atoms with van der Waals surface area (Å²) in [6.45, 7) is 13.9. The van der Waals surface area contributed by atoms with Crippen LogP contribution in [0.4, 0.5) is 17.1 Å². The molecule has 1 aromatic heterocycles. The van der Waals surface area contributed by atoms with Crippen LogP contribution < -0.4 is 4.90 Å². The molecule has 74 heavy (non-hydrogen) atoms. The summed E-state index contributed by atoms with van der Waals surface area (Å²) in [6.07, 6.45) is 0. The second kappa shape index (κ2) is 17.5. The highest BCUT2D eigenvalue weighted by Crippen LogP contribution is 2.47. The van der Waals surface area contributed by atoms with E-state index in [-0.39, 0.29) is 10.8 Å². The SMILES string of the molecule is CC(C)(C)c1ccc2c(c1)c1cc(C(C)(C)C)ccc1n2-c1ccc2ccc3c(N(c4cccc(-c5cccc(-c6ccccc6)c5)c4)c4cccc(-c5cccc(-c6ccccc6)c5)c4)ccc4ccc1c2c43. The van der Waals surface area contributed by atoms with Gasteiger partial charge in [-0.3, -0.25) is 0 Å². The molecule has 0 aliphatic carbocycles. The van der Waals surface area contributed by atoms with Gasteiger partial charge in [0.2, 0.25) is 0 Å². The van der Waals surface area contributed by atoms with E-state index in [0.717, 1.165) is 28.2 Å². The molecule has 2 heteroatoms. The quantitative estimate of drug-likeness (QED) is 0.138. The zero-order chi connectivity index (χ0) is 50.3. The highest BCUT2D eigenvalue weighted by molar-refractivity contribution is 6.27. The number of nitrogens with zero attached hydrogens (tertiary/aromatic N) is 2. The van der Waals surface area contributed by atoms with Crippen molar-refractivity contribution in [3.05, 3.63) is 254 Å². The van der Waals surface area contributed by atoms with E-state index in [1.807, 2.05) is 0 Å². The van der Waals surface area contributed by atoms with Crippen molar-refractivity contribution in [2.24, 2.45) is 0 Å². The monoisotopic (exact) mass is 950 g/mol. The van der Waals surface area contributed by atoms with E-state index < -0.39 is 0 Å². The van der Waals surface area contributed by atoms with Crippen LogP contribution in [0.15, 0.2) is 243 Å². The number of benzene rings is 12. The molecular weight excluding hydrogens is 893 g/mol. The highest BCUT2D eigenvalue weighted by atomic mass is 15.1. The van der Waals surface area contributed by atoms with Crippen LogP contribution in [0.5, 0.6) is 0 Å². The van der Waals surface area contributed by atoms with Gasteiger partial charge in [0.15, 0.2) is 0 Å². The molecule has 0 aliphatic heterocycles. The summed E-state index contributed by atoms with van der Waals surface area (Å²) >= 11 is 0. The smallest absolute Gasteiger partial charge is 0.0541 e. The summed E-state index contributed by atoms with van der Waals surface area (Å²) < 4.78 is 2.53. The van der Waals surface area contributed by atoms with E-state index in [0.29, 0.717) is 0 Å². The van der Waals surface area contributed by atoms with Crippen molar-refractivity contribution < 1.29 is 0 Å².